The van der Waals surface area contributed by atoms with Crippen molar-refractivity contribution in [2.75, 3.05) is 5.32 Å². The number of amides is 3. The van der Waals surface area contributed by atoms with Gasteiger partial charge in [0, 0.05) is 17.5 Å². The second kappa shape index (κ2) is 7.58. The van der Waals surface area contributed by atoms with E-state index in [4.69, 9.17) is 0 Å². The van der Waals surface area contributed by atoms with Crippen LogP contribution < -0.4 is 10.6 Å². The highest BCUT2D eigenvalue weighted by molar-refractivity contribution is 5.95. The summed E-state index contributed by atoms with van der Waals surface area (Å²) in [6.07, 6.45) is 4.17. The minimum atomic E-state index is -0.499. The molecule has 1 aliphatic heterocycles. The summed E-state index contributed by atoms with van der Waals surface area (Å²) < 4.78 is 14.1. The van der Waals surface area contributed by atoms with E-state index in [1.165, 1.54) is 6.07 Å². The van der Waals surface area contributed by atoms with E-state index in [-0.39, 0.29) is 17.6 Å². The van der Waals surface area contributed by atoms with Crippen LogP contribution in [0.4, 0.5) is 14.9 Å². The van der Waals surface area contributed by atoms with Gasteiger partial charge in [0.15, 0.2) is 0 Å². The quantitative estimate of drug-likeness (QED) is 0.818. The van der Waals surface area contributed by atoms with Gasteiger partial charge in [0.1, 0.15) is 5.82 Å². The molecule has 0 bridgehead atoms. The van der Waals surface area contributed by atoms with Crippen LogP contribution in [0.2, 0.25) is 0 Å². The average molecular weight is 372 g/mol. The number of anilines is 1. The largest absolute Gasteiger partial charge is 0.333 e. The molecule has 3 amide bonds. The van der Waals surface area contributed by atoms with Crippen molar-refractivity contribution in [3.63, 3.8) is 0 Å². The fourth-order valence-electron chi connectivity index (χ4n) is 3.47. The summed E-state index contributed by atoms with van der Waals surface area (Å²) in [5, 5.41) is 13.3. The number of rotatable bonds is 3. The maximum absolute atomic E-state index is 14.1. The van der Waals surface area contributed by atoms with Gasteiger partial charge in [-0.1, -0.05) is 6.07 Å². The van der Waals surface area contributed by atoms with Crippen molar-refractivity contribution in [3.8, 4) is 0 Å². The smallest absolute Gasteiger partial charge is 0.319 e. The Labute approximate surface area is 158 Å². The third-order valence-corrected chi connectivity index (χ3v) is 4.66. The lowest BCUT2D eigenvalue weighted by Crippen LogP contribution is -2.43. The molecule has 1 aromatic carbocycles. The summed E-state index contributed by atoms with van der Waals surface area (Å²) in [5.41, 5.74) is 2.39. The van der Waals surface area contributed by atoms with Crippen molar-refractivity contribution >= 4 is 17.6 Å². The van der Waals surface area contributed by atoms with Crippen molar-refractivity contribution in [1.29, 1.82) is 0 Å². The van der Waals surface area contributed by atoms with Crippen LogP contribution in [0.3, 0.4) is 0 Å². The second-order valence-electron chi connectivity index (χ2n) is 8.09. The highest BCUT2D eigenvalue weighted by Crippen LogP contribution is 2.34. The molecule has 0 spiro atoms. The molecule has 27 heavy (non-hydrogen) atoms. The molecule has 1 aliphatic carbocycles. The van der Waals surface area contributed by atoms with Crippen LogP contribution in [0.25, 0.3) is 0 Å². The molecule has 7 heteroatoms. The van der Waals surface area contributed by atoms with Crippen LogP contribution in [-0.4, -0.2) is 23.5 Å². The molecule has 1 heterocycles. The molecule has 0 fully saturated rings. The van der Waals surface area contributed by atoms with Crippen LogP contribution in [0, 0.1) is 5.82 Å². The lowest BCUT2D eigenvalue weighted by atomic mass is 9.84. The van der Waals surface area contributed by atoms with Crippen LogP contribution in [0.15, 0.2) is 39.6 Å². The van der Waals surface area contributed by atoms with Gasteiger partial charge in [-0.15, -0.1) is 5.11 Å². The number of nitrogens with zero attached hydrogens (tertiary/aromatic N) is 2. The van der Waals surface area contributed by atoms with Gasteiger partial charge in [-0.3, -0.25) is 4.79 Å². The first-order chi connectivity index (χ1) is 12.7. The van der Waals surface area contributed by atoms with Crippen molar-refractivity contribution in [2.45, 2.75) is 64.5 Å². The Bertz CT molecular complexity index is 824. The molecule has 0 aromatic heterocycles. The number of halogens is 1. The second-order valence-corrected chi connectivity index (χ2v) is 8.09. The molecule has 1 unspecified atom stereocenters. The zero-order chi connectivity index (χ0) is 19.6. The predicted molar refractivity (Wildman–Crippen MR) is 101 cm³/mol. The zero-order valence-corrected chi connectivity index (χ0v) is 15.9. The minimum Gasteiger partial charge on any atom is -0.333 e. The summed E-state index contributed by atoms with van der Waals surface area (Å²) in [7, 11) is 0. The Balaban J connectivity index is 1.76. The van der Waals surface area contributed by atoms with E-state index in [2.05, 4.69) is 20.9 Å². The standard InChI is InChI=1S/C20H25FN4O2/c1-20(2,3)23-19(27)22-17-11-12(8-9-15(17)21)10-16-13-6-4-5-7-14(13)18(26)25-24-16/h8-9,11,16H,4-7,10H2,1-3H3,(H2,22,23,27). The fourth-order valence-corrected chi connectivity index (χ4v) is 3.47. The van der Waals surface area contributed by atoms with E-state index in [1.807, 2.05) is 20.8 Å². The van der Waals surface area contributed by atoms with Crippen molar-refractivity contribution in [2.24, 2.45) is 10.2 Å². The van der Waals surface area contributed by atoms with Crippen LogP contribution in [-0.2, 0) is 11.2 Å². The van der Waals surface area contributed by atoms with Crippen molar-refractivity contribution in [1.82, 2.24) is 5.32 Å². The molecule has 2 aliphatic rings. The molecule has 0 radical (unpaired) electrons. The third kappa shape index (κ3) is 4.78. The maximum Gasteiger partial charge on any atom is 0.319 e. The summed E-state index contributed by atoms with van der Waals surface area (Å²) in [5.74, 6) is -0.720. The number of hydrogen-bond acceptors (Lipinski definition) is 3. The highest BCUT2D eigenvalue weighted by Gasteiger charge is 2.29. The molecule has 6 nitrogen and oxygen atoms in total. The lowest BCUT2D eigenvalue weighted by Gasteiger charge is -2.26. The van der Waals surface area contributed by atoms with Gasteiger partial charge in [0.2, 0.25) is 0 Å². The van der Waals surface area contributed by atoms with Crippen LogP contribution in [0.5, 0.6) is 0 Å². The Morgan fingerprint density at radius 2 is 2.00 bits per heavy atom. The first kappa shape index (κ1) is 19.2. The van der Waals surface area contributed by atoms with Gasteiger partial charge in [-0.2, -0.15) is 5.11 Å². The fraction of sp³-hybridized carbons (Fsp3) is 0.500. The molecular weight excluding hydrogens is 347 g/mol. The minimum absolute atomic E-state index is 0.121. The number of urea groups is 1. The van der Waals surface area contributed by atoms with Gasteiger partial charge in [-0.25, -0.2) is 9.18 Å². The summed E-state index contributed by atoms with van der Waals surface area (Å²) >= 11 is 0. The number of nitrogens with one attached hydrogen (secondary N) is 2. The van der Waals surface area contributed by atoms with E-state index in [1.54, 1.807) is 12.1 Å². The first-order valence-corrected chi connectivity index (χ1v) is 9.27. The van der Waals surface area contributed by atoms with Crippen LogP contribution >= 0.6 is 0 Å². The Morgan fingerprint density at radius 3 is 2.74 bits per heavy atom. The number of benzene rings is 1. The van der Waals surface area contributed by atoms with Crippen molar-refractivity contribution < 1.29 is 14.0 Å². The summed E-state index contributed by atoms with van der Waals surface area (Å²) in [4.78, 5) is 24.0. The molecule has 1 atom stereocenters. The van der Waals surface area contributed by atoms with E-state index in [0.717, 1.165) is 42.4 Å². The molecule has 0 saturated heterocycles. The van der Waals surface area contributed by atoms with Gasteiger partial charge in [0.05, 0.1) is 11.7 Å². The Hall–Kier alpha value is -2.57. The van der Waals surface area contributed by atoms with E-state index < -0.39 is 17.4 Å². The third-order valence-electron chi connectivity index (χ3n) is 4.66. The summed E-state index contributed by atoms with van der Waals surface area (Å²) in [6, 6.07) is 3.98. The maximum atomic E-state index is 14.1. The molecule has 2 N–H and O–H groups in total. The highest BCUT2D eigenvalue weighted by atomic mass is 19.1. The predicted octanol–water partition coefficient (Wildman–Crippen LogP) is 4.52. The Morgan fingerprint density at radius 1 is 1.26 bits per heavy atom. The number of carbonyl (C=O) groups is 2. The molecule has 1 aromatic rings. The normalized spacial score (nSPS) is 19.7. The number of azo groups is 1. The molecular formula is C20H25FN4O2. The van der Waals surface area contributed by atoms with Gasteiger partial charge in [0.25, 0.3) is 5.91 Å². The monoisotopic (exact) mass is 372 g/mol. The average Bonchev–Trinajstić information content (AvgIpc) is 2.59. The summed E-state index contributed by atoms with van der Waals surface area (Å²) in [6.45, 7) is 5.55. The van der Waals surface area contributed by atoms with E-state index in [9.17, 15) is 14.0 Å². The van der Waals surface area contributed by atoms with E-state index >= 15 is 0 Å². The van der Waals surface area contributed by atoms with Crippen LogP contribution in [0.1, 0.15) is 52.0 Å². The zero-order valence-electron chi connectivity index (χ0n) is 15.9. The molecule has 3 rings (SSSR count). The number of carbonyl (C=O) groups excluding carboxylic acids is 2. The SMILES string of the molecule is CC(C)(C)NC(=O)Nc1cc(CC2N=NC(=O)C3=C2CCCC3)ccc1F. The Kier molecular flexibility index (Phi) is 5.39. The number of hydrogen-bond donors (Lipinski definition) is 2. The first-order valence-electron chi connectivity index (χ1n) is 9.27. The molecule has 0 saturated carbocycles. The van der Waals surface area contributed by atoms with Gasteiger partial charge in [-0.05, 0) is 69.7 Å². The van der Waals surface area contributed by atoms with Gasteiger partial charge >= 0.3 is 6.03 Å². The van der Waals surface area contributed by atoms with E-state index in [0.29, 0.717) is 6.42 Å². The lowest BCUT2D eigenvalue weighted by molar-refractivity contribution is -0.115. The molecule has 144 valence electrons. The topological polar surface area (TPSA) is 82.9 Å². The van der Waals surface area contributed by atoms with Crippen molar-refractivity contribution in [3.05, 3.63) is 40.7 Å². The van der Waals surface area contributed by atoms with Gasteiger partial charge < -0.3 is 10.6 Å².